The molecule has 0 aromatic heterocycles. The number of alkyl halides is 3. The summed E-state index contributed by atoms with van der Waals surface area (Å²) in [7, 11) is 0. The lowest BCUT2D eigenvalue weighted by Gasteiger charge is -2.34. The number of phenolic OH excluding ortho intramolecular Hbond substituents is 1. The summed E-state index contributed by atoms with van der Waals surface area (Å²) in [5.41, 5.74) is 0. The summed E-state index contributed by atoms with van der Waals surface area (Å²) in [6.07, 6.45) is -6.69. The summed E-state index contributed by atoms with van der Waals surface area (Å²) < 4.78 is 43.4. The number of halogens is 3. The van der Waals surface area contributed by atoms with Gasteiger partial charge in [0.1, 0.15) is 17.6 Å². The standard InChI is InChI=1S/C7H5F3O2.C7H14O4/c8-7(9,10)12-6-3-1-5(11)2-4-6;1-4-7(10)6(9)2-5(3-8)11-4/h1-4,11H;4-10H,2-3H2,1H3/t;4-,5?,6?,7?/m.1/s1. The Bertz CT molecular complexity index is 453. The molecule has 0 bridgehead atoms. The molecule has 0 radical (unpaired) electrons. The Hall–Kier alpha value is -1.55. The van der Waals surface area contributed by atoms with Crippen LogP contribution in [0.5, 0.6) is 11.5 Å². The lowest BCUT2D eigenvalue weighted by atomic mass is 9.99. The number of hydrogen-bond acceptors (Lipinski definition) is 6. The van der Waals surface area contributed by atoms with Crippen LogP contribution in [-0.4, -0.2) is 57.8 Å². The molecule has 0 aliphatic carbocycles. The second-order valence-electron chi connectivity index (χ2n) is 4.98. The molecule has 23 heavy (non-hydrogen) atoms. The van der Waals surface area contributed by atoms with E-state index in [4.69, 9.17) is 14.9 Å². The number of ether oxygens (including phenoxy) is 2. The summed E-state index contributed by atoms with van der Waals surface area (Å²) in [5.74, 6) is -0.454. The number of hydrogen-bond donors (Lipinski definition) is 4. The maximum Gasteiger partial charge on any atom is 0.573 e. The third kappa shape index (κ3) is 7.04. The van der Waals surface area contributed by atoms with Crippen molar-refractivity contribution in [2.45, 2.75) is 44.1 Å². The monoisotopic (exact) mass is 340 g/mol. The molecule has 1 heterocycles. The highest BCUT2D eigenvalue weighted by molar-refractivity contribution is 5.30. The summed E-state index contributed by atoms with van der Waals surface area (Å²) in [6.45, 7) is 1.57. The van der Waals surface area contributed by atoms with Crippen molar-refractivity contribution >= 4 is 0 Å². The van der Waals surface area contributed by atoms with Crippen molar-refractivity contribution in [1.29, 1.82) is 0 Å². The molecule has 0 spiro atoms. The van der Waals surface area contributed by atoms with E-state index in [1.54, 1.807) is 6.92 Å². The molecule has 4 N–H and O–H groups in total. The molecule has 0 saturated carbocycles. The fraction of sp³-hybridized carbons (Fsp3) is 0.571. The predicted molar refractivity (Wildman–Crippen MR) is 72.8 cm³/mol. The van der Waals surface area contributed by atoms with Gasteiger partial charge >= 0.3 is 6.36 Å². The van der Waals surface area contributed by atoms with Crippen LogP contribution in [0.3, 0.4) is 0 Å². The van der Waals surface area contributed by atoms with E-state index >= 15 is 0 Å². The van der Waals surface area contributed by atoms with Gasteiger partial charge in [-0.25, -0.2) is 0 Å². The lowest BCUT2D eigenvalue weighted by Crippen LogP contribution is -2.47. The highest BCUT2D eigenvalue weighted by atomic mass is 19.4. The average Bonchev–Trinajstić information content (AvgIpc) is 2.46. The average molecular weight is 340 g/mol. The van der Waals surface area contributed by atoms with Crippen molar-refractivity contribution in [2.75, 3.05) is 6.61 Å². The predicted octanol–water partition coefficient (Wildman–Crippen LogP) is 1.17. The van der Waals surface area contributed by atoms with Crippen LogP contribution in [0.15, 0.2) is 24.3 Å². The number of benzene rings is 1. The van der Waals surface area contributed by atoms with Crippen LogP contribution in [0.1, 0.15) is 13.3 Å². The SMILES string of the molecule is C[C@H]1OC(CO)CC(O)C1O.Oc1ccc(OC(F)(F)F)cc1. The highest BCUT2D eigenvalue weighted by Crippen LogP contribution is 2.24. The largest absolute Gasteiger partial charge is 0.573 e. The molecule has 4 atom stereocenters. The second kappa shape index (κ2) is 8.34. The molecule has 9 heteroatoms. The Morgan fingerprint density at radius 2 is 1.78 bits per heavy atom. The van der Waals surface area contributed by atoms with E-state index in [1.807, 2.05) is 0 Å². The number of phenols is 1. The first-order chi connectivity index (χ1) is 10.6. The van der Waals surface area contributed by atoms with Crippen molar-refractivity contribution in [3.8, 4) is 11.5 Å². The van der Waals surface area contributed by atoms with E-state index in [0.29, 0.717) is 6.42 Å². The lowest BCUT2D eigenvalue weighted by molar-refractivity contribution is -0.274. The van der Waals surface area contributed by atoms with Gasteiger partial charge in [-0.2, -0.15) is 0 Å². The van der Waals surface area contributed by atoms with Crippen molar-refractivity contribution in [1.82, 2.24) is 0 Å². The van der Waals surface area contributed by atoms with Gasteiger partial charge in [-0.3, -0.25) is 0 Å². The third-order valence-electron chi connectivity index (χ3n) is 3.06. The van der Waals surface area contributed by atoms with E-state index in [9.17, 15) is 23.4 Å². The van der Waals surface area contributed by atoms with Gasteiger partial charge in [-0.05, 0) is 31.2 Å². The zero-order valence-electron chi connectivity index (χ0n) is 12.3. The van der Waals surface area contributed by atoms with Gasteiger partial charge in [0.25, 0.3) is 0 Å². The minimum Gasteiger partial charge on any atom is -0.508 e. The molecule has 6 nitrogen and oxygen atoms in total. The van der Waals surface area contributed by atoms with Gasteiger partial charge in [0.2, 0.25) is 0 Å². The van der Waals surface area contributed by atoms with Crippen LogP contribution in [0.4, 0.5) is 13.2 Å². The molecule has 1 fully saturated rings. The maximum atomic E-state index is 11.6. The van der Waals surface area contributed by atoms with Crippen LogP contribution in [-0.2, 0) is 4.74 Å². The first-order valence-corrected chi connectivity index (χ1v) is 6.79. The summed E-state index contributed by atoms with van der Waals surface area (Å²) in [5, 5.41) is 35.8. The van der Waals surface area contributed by atoms with Gasteiger partial charge in [-0.15, -0.1) is 13.2 Å². The Balaban J connectivity index is 0.000000231. The molecule has 1 aromatic rings. The number of aliphatic hydroxyl groups is 3. The van der Waals surface area contributed by atoms with Crippen LogP contribution in [0.25, 0.3) is 0 Å². The van der Waals surface area contributed by atoms with Crippen LogP contribution < -0.4 is 4.74 Å². The van der Waals surface area contributed by atoms with Gasteiger partial charge in [-0.1, -0.05) is 0 Å². The first-order valence-electron chi connectivity index (χ1n) is 6.79. The maximum absolute atomic E-state index is 11.6. The minimum atomic E-state index is -4.68. The Morgan fingerprint density at radius 1 is 1.22 bits per heavy atom. The van der Waals surface area contributed by atoms with E-state index < -0.39 is 24.7 Å². The van der Waals surface area contributed by atoms with Crippen LogP contribution in [0, 0.1) is 0 Å². The van der Waals surface area contributed by atoms with Crippen molar-refractivity contribution < 1.29 is 43.1 Å². The molecule has 3 unspecified atom stereocenters. The second-order valence-corrected chi connectivity index (χ2v) is 4.98. The Morgan fingerprint density at radius 3 is 2.22 bits per heavy atom. The van der Waals surface area contributed by atoms with E-state index in [-0.39, 0.29) is 24.2 Å². The Kier molecular flexibility index (Phi) is 7.07. The molecule has 0 amide bonds. The van der Waals surface area contributed by atoms with Crippen molar-refractivity contribution in [3.63, 3.8) is 0 Å². The van der Waals surface area contributed by atoms with Gasteiger partial charge in [0.05, 0.1) is 24.9 Å². The van der Waals surface area contributed by atoms with Gasteiger partial charge in [0, 0.05) is 6.42 Å². The molecule has 1 aromatic carbocycles. The van der Waals surface area contributed by atoms with E-state index in [1.165, 1.54) is 0 Å². The zero-order valence-corrected chi connectivity index (χ0v) is 12.3. The molecule has 1 aliphatic heterocycles. The molecular formula is C14H19F3O6. The van der Waals surface area contributed by atoms with Crippen LogP contribution in [0.2, 0.25) is 0 Å². The summed E-state index contributed by atoms with van der Waals surface area (Å²) >= 11 is 0. The van der Waals surface area contributed by atoms with E-state index in [2.05, 4.69) is 4.74 Å². The summed E-state index contributed by atoms with van der Waals surface area (Å²) in [6, 6.07) is 4.29. The Labute approximate surface area is 130 Å². The number of aromatic hydroxyl groups is 1. The molecular weight excluding hydrogens is 321 g/mol. The quantitative estimate of drug-likeness (QED) is 0.645. The fourth-order valence-corrected chi connectivity index (χ4v) is 1.93. The fourth-order valence-electron chi connectivity index (χ4n) is 1.93. The molecule has 1 aliphatic rings. The molecule has 1 saturated heterocycles. The number of aliphatic hydroxyl groups excluding tert-OH is 3. The van der Waals surface area contributed by atoms with Crippen molar-refractivity contribution in [3.05, 3.63) is 24.3 Å². The normalized spacial score (nSPS) is 27.8. The first kappa shape index (κ1) is 19.5. The van der Waals surface area contributed by atoms with Gasteiger partial charge in [0.15, 0.2) is 0 Å². The third-order valence-corrected chi connectivity index (χ3v) is 3.06. The smallest absolute Gasteiger partial charge is 0.508 e. The topological polar surface area (TPSA) is 99.4 Å². The van der Waals surface area contributed by atoms with Crippen molar-refractivity contribution in [2.24, 2.45) is 0 Å². The zero-order chi connectivity index (χ0) is 17.6. The van der Waals surface area contributed by atoms with Gasteiger partial charge < -0.3 is 29.9 Å². The van der Waals surface area contributed by atoms with E-state index in [0.717, 1.165) is 24.3 Å². The van der Waals surface area contributed by atoms with Crippen LogP contribution >= 0.6 is 0 Å². The molecule has 2 rings (SSSR count). The number of rotatable bonds is 2. The minimum absolute atomic E-state index is 0.103. The summed E-state index contributed by atoms with van der Waals surface area (Å²) in [4.78, 5) is 0. The highest BCUT2D eigenvalue weighted by Gasteiger charge is 2.33. The molecule has 132 valence electrons.